The molecule has 3 N–H and O–H groups in total. The quantitative estimate of drug-likeness (QED) is 0.576. The van der Waals surface area contributed by atoms with Crippen molar-refractivity contribution in [3.8, 4) is 17.3 Å². The van der Waals surface area contributed by atoms with Crippen LogP contribution in [0.15, 0.2) is 42.5 Å². The first-order valence-electron chi connectivity index (χ1n) is 11.2. The molecule has 1 saturated carbocycles. The molecule has 3 amide bonds. The number of amides is 3. The number of nitrogens with zero attached hydrogens (tertiary/aromatic N) is 4. The van der Waals surface area contributed by atoms with E-state index in [4.69, 9.17) is 22.6 Å². The molecule has 0 saturated heterocycles. The van der Waals surface area contributed by atoms with Gasteiger partial charge in [-0.15, -0.1) is 0 Å². The molecule has 0 spiro atoms. The lowest BCUT2D eigenvalue weighted by Crippen LogP contribution is -2.51. The number of nitriles is 1. The number of rotatable bonds is 4. The van der Waals surface area contributed by atoms with E-state index in [0.29, 0.717) is 41.5 Å². The molecule has 35 heavy (non-hydrogen) atoms. The van der Waals surface area contributed by atoms with Crippen molar-refractivity contribution in [1.29, 1.82) is 5.26 Å². The number of halogens is 2. The number of hydrogen-bond donors (Lipinski definition) is 2. The summed E-state index contributed by atoms with van der Waals surface area (Å²) in [6.45, 7) is 1.00. The Kier molecular flexibility index (Phi) is 5.91. The highest BCUT2D eigenvalue weighted by molar-refractivity contribution is 6.31. The van der Waals surface area contributed by atoms with E-state index in [9.17, 15) is 14.0 Å². The molecule has 178 valence electrons. The molecule has 3 aromatic rings. The number of primary amides is 1. The number of aromatic nitrogens is 2. The number of nitrogens with two attached hydrogens (primary N) is 1. The Morgan fingerprint density at radius 1 is 1.17 bits per heavy atom. The zero-order chi connectivity index (χ0) is 24.7. The highest BCUT2D eigenvalue weighted by atomic mass is 35.5. The van der Waals surface area contributed by atoms with Crippen LogP contribution in [0.5, 0.6) is 0 Å². The molecular formula is C25H22ClFN6O2. The van der Waals surface area contributed by atoms with Gasteiger partial charge in [-0.05, 0) is 54.7 Å². The molecule has 8 nitrogen and oxygen atoms in total. The average Bonchev–Trinajstić information content (AvgIpc) is 3.22. The van der Waals surface area contributed by atoms with Crippen LogP contribution in [0, 0.1) is 17.1 Å². The summed E-state index contributed by atoms with van der Waals surface area (Å²) in [5.41, 5.74) is 9.01. The Balaban J connectivity index is 1.27. The number of hydrogen-bond acceptors (Lipinski definition) is 4. The summed E-state index contributed by atoms with van der Waals surface area (Å²) >= 11 is 5.92. The first-order chi connectivity index (χ1) is 16.8. The Labute approximate surface area is 206 Å². The van der Waals surface area contributed by atoms with Crippen LogP contribution in [0.4, 0.5) is 9.18 Å². The topological polar surface area (TPSA) is 117 Å². The number of fused-ring (bicyclic) bond motifs is 1. The maximum Gasteiger partial charge on any atom is 0.318 e. The van der Waals surface area contributed by atoms with Crippen molar-refractivity contribution in [2.24, 2.45) is 5.73 Å². The lowest BCUT2D eigenvalue weighted by atomic mass is 9.76. The Hall–Kier alpha value is -3.90. The molecule has 0 radical (unpaired) electrons. The second kappa shape index (κ2) is 9.04. The van der Waals surface area contributed by atoms with Crippen LogP contribution in [0.2, 0.25) is 5.02 Å². The van der Waals surface area contributed by atoms with Crippen LogP contribution in [0.1, 0.15) is 45.9 Å². The third-order valence-electron chi connectivity index (χ3n) is 6.68. The fourth-order valence-corrected chi connectivity index (χ4v) is 4.88. The van der Waals surface area contributed by atoms with E-state index in [1.54, 1.807) is 9.58 Å². The van der Waals surface area contributed by atoms with Crippen molar-refractivity contribution in [1.82, 2.24) is 20.0 Å². The minimum Gasteiger partial charge on any atom is -0.365 e. The van der Waals surface area contributed by atoms with Crippen LogP contribution in [-0.4, -0.2) is 39.2 Å². The monoisotopic (exact) mass is 492 g/mol. The summed E-state index contributed by atoms with van der Waals surface area (Å²) < 4.78 is 15.3. The van der Waals surface area contributed by atoms with Crippen LogP contribution >= 0.6 is 11.6 Å². The van der Waals surface area contributed by atoms with Gasteiger partial charge in [-0.1, -0.05) is 23.7 Å². The van der Waals surface area contributed by atoms with Crippen molar-refractivity contribution >= 4 is 23.5 Å². The molecule has 1 aromatic heterocycles. The van der Waals surface area contributed by atoms with Gasteiger partial charge in [0.2, 0.25) is 0 Å². The molecule has 10 heteroatoms. The third kappa shape index (κ3) is 4.33. The number of nitrogens with one attached hydrogen (secondary N) is 1. The van der Waals surface area contributed by atoms with E-state index in [1.807, 2.05) is 24.3 Å². The summed E-state index contributed by atoms with van der Waals surface area (Å²) in [5.74, 6) is -0.893. The molecule has 1 aliphatic carbocycles. The van der Waals surface area contributed by atoms with Gasteiger partial charge in [0.25, 0.3) is 5.91 Å². The van der Waals surface area contributed by atoms with Gasteiger partial charge >= 0.3 is 6.03 Å². The van der Waals surface area contributed by atoms with Gasteiger partial charge < -0.3 is 16.0 Å². The summed E-state index contributed by atoms with van der Waals surface area (Å²) in [4.78, 5) is 26.9. The highest BCUT2D eigenvalue weighted by Gasteiger charge is 2.34. The number of urea groups is 1. The predicted octanol–water partition coefficient (Wildman–Crippen LogP) is 3.78. The van der Waals surface area contributed by atoms with E-state index in [-0.39, 0.29) is 29.2 Å². The van der Waals surface area contributed by atoms with E-state index in [1.165, 1.54) is 18.2 Å². The van der Waals surface area contributed by atoms with Gasteiger partial charge in [-0.25, -0.2) is 9.18 Å². The lowest BCUT2D eigenvalue weighted by Gasteiger charge is -2.38. The Morgan fingerprint density at radius 2 is 1.91 bits per heavy atom. The lowest BCUT2D eigenvalue weighted by molar-refractivity contribution is 0.0997. The van der Waals surface area contributed by atoms with Crippen LogP contribution < -0.4 is 11.1 Å². The summed E-state index contributed by atoms with van der Waals surface area (Å²) in [7, 11) is 0. The summed E-state index contributed by atoms with van der Waals surface area (Å²) in [6, 6.07) is 13.6. The molecule has 2 aromatic carbocycles. The smallest absolute Gasteiger partial charge is 0.318 e. The number of carbonyl (C=O) groups is 2. The molecule has 0 atom stereocenters. The van der Waals surface area contributed by atoms with Gasteiger partial charge in [0.05, 0.1) is 41.0 Å². The summed E-state index contributed by atoms with van der Waals surface area (Å²) in [5, 5.41) is 16.4. The Bertz CT molecular complexity index is 1360. The van der Waals surface area contributed by atoms with Gasteiger partial charge in [-0.2, -0.15) is 10.4 Å². The molecule has 1 aliphatic heterocycles. The summed E-state index contributed by atoms with van der Waals surface area (Å²) in [6.07, 6.45) is 1.65. The van der Waals surface area contributed by atoms with Gasteiger partial charge in [0.1, 0.15) is 11.5 Å². The molecule has 1 fully saturated rings. The third-order valence-corrected chi connectivity index (χ3v) is 6.97. The standard InChI is InChI=1S/C25H22ClFN6O2/c26-19-11-16(5-6-20(19)27)23-22(24(29)34)21-13-32(7-8-33(21)31-23)25(35)30-18-9-17(10-18)15-3-1-14(12-28)2-4-15/h1-6,11,17-18H,7-10,13H2,(H2,29,34)(H,30,35)/t17-,18+. The molecule has 2 heterocycles. The van der Waals surface area contributed by atoms with Crippen LogP contribution in [0.25, 0.3) is 11.3 Å². The van der Waals surface area contributed by atoms with Gasteiger partial charge in [0.15, 0.2) is 0 Å². The van der Waals surface area contributed by atoms with Gasteiger partial charge in [0, 0.05) is 18.2 Å². The van der Waals surface area contributed by atoms with E-state index in [2.05, 4.69) is 16.5 Å². The minimum absolute atomic E-state index is 0.0579. The Morgan fingerprint density at radius 3 is 2.57 bits per heavy atom. The molecule has 0 bridgehead atoms. The largest absolute Gasteiger partial charge is 0.365 e. The van der Waals surface area contributed by atoms with Crippen LogP contribution in [-0.2, 0) is 13.1 Å². The fourth-order valence-electron chi connectivity index (χ4n) is 4.70. The average molecular weight is 493 g/mol. The second-order valence-electron chi connectivity index (χ2n) is 8.86. The minimum atomic E-state index is -0.673. The highest BCUT2D eigenvalue weighted by Crippen LogP contribution is 2.37. The van der Waals surface area contributed by atoms with Crippen molar-refractivity contribution in [3.05, 3.63) is 75.7 Å². The van der Waals surface area contributed by atoms with E-state index in [0.717, 1.165) is 18.4 Å². The number of benzene rings is 2. The molecule has 5 rings (SSSR count). The van der Waals surface area contributed by atoms with Crippen molar-refractivity contribution in [2.75, 3.05) is 6.54 Å². The van der Waals surface area contributed by atoms with Gasteiger partial charge in [-0.3, -0.25) is 9.48 Å². The fraction of sp³-hybridized carbons (Fsp3) is 0.280. The van der Waals surface area contributed by atoms with Crippen molar-refractivity contribution < 1.29 is 14.0 Å². The maximum absolute atomic E-state index is 13.6. The normalized spacial score (nSPS) is 18.8. The van der Waals surface area contributed by atoms with Crippen molar-refractivity contribution in [2.45, 2.75) is 37.9 Å². The van der Waals surface area contributed by atoms with E-state index < -0.39 is 11.7 Å². The molecular weight excluding hydrogens is 471 g/mol. The predicted molar refractivity (Wildman–Crippen MR) is 127 cm³/mol. The van der Waals surface area contributed by atoms with E-state index >= 15 is 0 Å². The zero-order valence-electron chi connectivity index (χ0n) is 18.7. The zero-order valence-corrected chi connectivity index (χ0v) is 19.4. The molecule has 0 unspecified atom stereocenters. The second-order valence-corrected chi connectivity index (χ2v) is 9.26. The SMILES string of the molecule is N#Cc1ccc([C@H]2C[C@@H](NC(=O)N3CCn4nc(-c5ccc(F)c(Cl)c5)c(C(N)=O)c4C3)C2)cc1. The van der Waals surface area contributed by atoms with Crippen molar-refractivity contribution in [3.63, 3.8) is 0 Å². The molecule has 2 aliphatic rings. The van der Waals surface area contributed by atoms with Crippen LogP contribution in [0.3, 0.4) is 0 Å². The first kappa shape index (κ1) is 22.9. The first-order valence-corrected chi connectivity index (χ1v) is 11.6. The number of carbonyl (C=O) groups excluding carboxylic acids is 2. The maximum atomic E-state index is 13.6.